The summed E-state index contributed by atoms with van der Waals surface area (Å²) in [6.07, 6.45) is 3.83. The summed E-state index contributed by atoms with van der Waals surface area (Å²) < 4.78 is 0. The van der Waals surface area contributed by atoms with Gasteiger partial charge in [0.25, 0.3) is 0 Å². The molecule has 20 heavy (non-hydrogen) atoms. The van der Waals surface area contributed by atoms with E-state index in [0.717, 1.165) is 29.9 Å². The van der Waals surface area contributed by atoms with Crippen molar-refractivity contribution in [2.45, 2.75) is 12.8 Å². The van der Waals surface area contributed by atoms with Gasteiger partial charge >= 0.3 is 0 Å². The Bertz CT molecular complexity index is 796. The predicted molar refractivity (Wildman–Crippen MR) is 78.5 cm³/mol. The molecule has 2 aliphatic carbocycles. The predicted octanol–water partition coefficient (Wildman–Crippen LogP) is 3.62. The van der Waals surface area contributed by atoms with Crippen molar-refractivity contribution >= 4 is 0 Å². The largest absolute Gasteiger partial charge is 0.254 e. The highest BCUT2D eigenvalue weighted by Gasteiger charge is 2.26. The van der Waals surface area contributed by atoms with Crippen LogP contribution in [0, 0.1) is 0 Å². The number of fused-ring (bicyclic) bond motifs is 6. The second-order valence-corrected chi connectivity index (χ2v) is 5.53. The molecule has 2 aromatic heterocycles. The molecule has 2 aliphatic rings. The Balaban J connectivity index is 1.79. The van der Waals surface area contributed by atoms with Crippen LogP contribution in [-0.2, 0) is 12.8 Å². The van der Waals surface area contributed by atoms with Crippen LogP contribution in [-0.4, -0.2) is 9.97 Å². The van der Waals surface area contributed by atoms with E-state index in [0.29, 0.717) is 0 Å². The first-order chi connectivity index (χ1) is 9.90. The van der Waals surface area contributed by atoms with E-state index >= 15 is 0 Å². The lowest BCUT2D eigenvalue weighted by molar-refractivity contribution is 1.18. The molecule has 0 unspecified atom stereocenters. The van der Waals surface area contributed by atoms with E-state index in [4.69, 9.17) is 4.98 Å². The van der Waals surface area contributed by atoms with E-state index in [1.807, 2.05) is 12.3 Å². The topological polar surface area (TPSA) is 25.8 Å². The Hall–Kier alpha value is -2.48. The third-order valence-corrected chi connectivity index (χ3v) is 4.33. The van der Waals surface area contributed by atoms with Gasteiger partial charge in [0.1, 0.15) is 0 Å². The van der Waals surface area contributed by atoms with Gasteiger partial charge in [0.15, 0.2) is 0 Å². The zero-order valence-electron chi connectivity index (χ0n) is 10.9. The molecule has 0 atom stereocenters. The van der Waals surface area contributed by atoms with Crippen LogP contribution in [0.5, 0.6) is 0 Å². The molecule has 94 valence electrons. The van der Waals surface area contributed by atoms with Crippen LogP contribution >= 0.6 is 0 Å². The zero-order chi connectivity index (χ0) is 13.1. The molecule has 0 spiro atoms. The first-order valence-electron chi connectivity index (χ1n) is 6.95. The molecule has 0 amide bonds. The van der Waals surface area contributed by atoms with Crippen molar-refractivity contribution in [3.8, 4) is 22.6 Å². The molecule has 2 nitrogen and oxygen atoms in total. The molecule has 0 radical (unpaired) electrons. The number of nitrogens with zero attached hydrogens (tertiary/aromatic N) is 2. The van der Waals surface area contributed by atoms with Crippen molar-refractivity contribution in [1.82, 2.24) is 9.97 Å². The van der Waals surface area contributed by atoms with Crippen molar-refractivity contribution in [2.24, 2.45) is 0 Å². The SMILES string of the molecule is c1ccc2c(c1)Cc1cc3c(nc1-2)-c1ncccc1C3. The molecule has 0 fully saturated rings. The summed E-state index contributed by atoms with van der Waals surface area (Å²) in [6.45, 7) is 0. The Kier molecular flexibility index (Phi) is 1.83. The average Bonchev–Trinajstić information content (AvgIpc) is 3.02. The third kappa shape index (κ3) is 1.23. The molecule has 2 heterocycles. The number of benzene rings is 1. The second-order valence-electron chi connectivity index (χ2n) is 5.53. The van der Waals surface area contributed by atoms with Gasteiger partial charge in [-0.15, -0.1) is 0 Å². The summed E-state index contributed by atoms with van der Waals surface area (Å²) in [5, 5.41) is 0. The first-order valence-corrected chi connectivity index (χ1v) is 6.95. The molecular formula is C18H12N2. The monoisotopic (exact) mass is 256 g/mol. The van der Waals surface area contributed by atoms with Gasteiger partial charge in [0.2, 0.25) is 0 Å². The van der Waals surface area contributed by atoms with Crippen LogP contribution in [0.15, 0.2) is 48.7 Å². The van der Waals surface area contributed by atoms with Crippen LogP contribution < -0.4 is 0 Å². The second kappa shape index (κ2) is 3.54. The van der Waals surface area contributed by atoms with E-state index in [9.17, 15) is 0 Å². The lowest BCUT2D eigenvalue weighted by atomic mass is 10.1. The first kappa shape index (κ1) is 10.3. The Morgan fingerprint density at radius 1 is 0.700 bits per heavy atom. The van der Waals surface area contributed by atoms with Crippen molar-refractivity contribution in [3.05, 3.63) is 70.9 Å². The highest BCUT2D eigenvalue weighted by molar-refractivity contribution is 5.79. The number of rotatable bonds is 0. The summed E-state index contributed by atoms with van der Waals surface area (Å²) in [6, 6.07) is 15.1. The van der Waals surface area contributed by atoms with Crippen molar-refractivity contribution < 1.29 is 0 Å². The molecule has 1 aromatic carbocycles. The van der Waals surface area contributed by atoms with Crippen molar-refractivity contribution in [3.63, 3.8) is 0 Å². The minimum atomic E-state index is 0.967. The number of hydrogen-bond donors (Lipinski definition) is 0. The zero-order valence-corrected chi connectivity index (χ0v) is 10.9. The van der Waals surface area contributed by atoms with Crippen LogP contribution in [0.3, 0.4) is 0 Å². The number of hydrogen-bond acceptors (Lipinski definition) is 2. The van der Waals surface area contributed by atoms with Crippen LogP contribution in [0.2, 0.25) is 0 Å². The van der Waals surface area contributed by atoms with E-state index in [-0.39, 0.29) is 0 Å². The quantitative estimate of drug-likeness (QED) is 0.423. The van der Waals surface area contributed by atoms with Gasteiger partial charge in [-0.3, -0.25) is 4.98 Å². The Morgan fingerprint density at radius 2 is 1.50 bits per heavy atom. The fourth-order valence-corrected chi connectivity index (χ4v) is 3.42. The summed E-state index contributed by atoms with van der Waals surface area (Å²) in [4.78, 5) is 9.47. The van der Waals surface area contributed by atoms with Gasteiger partial charge in [-0.1, -0.05) is 36.4 Å². The molecule has 0 saturated carbocycles. The van der Waals surface area contributed by atoms with E-state index in [1.54, 1.807) is 0 Å². The van der Waals surface area contributed by atoms with Crippen LogP contribution in [0.4, 0.5) is 0 Å². The fraction of sp³-hybridized carbons (Fsp3) is 0.111. The van der Waals surface area contributed by atoms with Crippen LogP contribution in [0.25, 0.3) is 22.6 Å². The molecule has 0 aliphatic heterocycles. The van der Waals surface area contributed by atoms with Crippen molar-refractivity contribution in [2.75, 3.05) is 0 Å². The molecule has 0 N–H and O–H groups in total. The van der Waals surface area contributed by atoms with Gasteiger partial charge < -0.3 is 0 Å². The van der Waals surface area contributed by atoms with Gasteiger partial charge in [-0.05, 0) is 28.3 Å². The maximum Gasteiger partial charge on any atom is 0.0932 e. The normalized spacial score (nSPS) is 13.6. The summed E-state index contributed by atoms with van der Waals surface area (Å²) >= 11 is 0. The third-order valence-electron chi connectivity index (χ3n) is 4.33. The van der Waals surface area contributed by atoms with Gasteiger partial charge in [0.05, 0.1) is 17.1 Å². The fourth-order valence-electron chi connectivity index (χ4n) is 3.42. The van der Waals surface area contributed by atoms with Gasteiger partial charge in [-0.2, -0.15) is 0 Å². The lowest BCUT2D eigenvalue weighted by Crippen LogP contribution is -1.92. The Labute approximate surface area is 117 Å². The smallest absolute Gasteiger partial charge is 0.0932 e. The summed E-state index contributed by atoms with van der Waals surface area (Å²) in [5.41, 5.74) is 9.95. The maximum atomic E-state index is 4.95. The van der Waals surface area contributed by atoms with Crippen molar-refractivity contribution in [1.29, 1.82) is 0 Å². The minimum Gasteiger partial charge on any atom is -0.254 e. The number of aromatic nitrogens is 2. The molecule has 2 heteroatoms. The van der Waals surface area contributed by atoms with Gasteiger partial charge in [-0.25, -0.2) is 4.98 Å². The lowest BCUT2D eigenvalue weighted by Gasteiger charge is -2.04. The highest BCUT2D eigenvalue weighted by atomic mass is 14.8. The molecule has 0 saturated heterocycles. The summed E-state index contributed by atoms with van der Waals surface area (Å²) in [7, 11) is 0. The minimum absolute atomic E-state index is 0.967. The molecular weight excluding hydrogens is 244 g/mol. The number of pyridine rings is 2. The van der Waals surface area contributed by atoms with E-state index in [2.05, 4.69) is 41.4 Å². The van der Waals surface area contributed by atoms with E-state index in [1.165, 1.54) is 27.8 Å². The molecule has 3 aromatic rings. The maximum absolute atomic E-state index is 4.95. The summed E-state index contributed by atoms with van der Waals surface area (Å²) in [5.74, 6) is 0. The Morgan fingerprint density at radius 3 is 2.50 bits per heavy atom. The molecule has 0 bridgehead atoms. The van der Waals surface area contributed by atoms with Gasteiger partial charge in [0, 0.05) is 24.6 Å². The average molecular weight is 256 g/mol. The molecule has 5 rings (SSSR count). The van der Waals surface area contributed by atoms with Crippen LogP contribution in [0.1, 0.15) is 22.3 Å². The van der Waals surface area contributed by atoms with E-state index < -0.39 is 0 Å². The standard InChI is InChI=1S/C18H12N2/c1-2-6-15-11(4-1)8-13-10-14-9-12-5-3-7-19-17(12)18(14)20-16(13)15/h1-7,10H,8-9H2. The highest BCUT2D eigenvalue weighted by Crippen LogP contribution is 2.41.